The van der Waals surface area contributed by atoms with Gasteiger partial charge in [-0.15, -0.1) is 0 Å². The van der Waals surface area contributed by atoms with Gasteiger partial charge in [0, 0.05) is 17.4 Å². The molecular weight excluding hydrogens is 370 g/mol. The van der Waals surface area contributed by atoms with Gasteiger partial charge in [0.2, 0.25) is 5.91 Å². The van der Waals surface area contributed by atoms with Crippen molar-refractivity contribution >= 4 is 22.7 Å². The number of hydrogen-bond donors (Lipinski definition) is 3. The van der Waals surface area contributed by atoms with Crippen LogP contribution in [0.3, 0.4) is 0 Å². The smallest absolute Gasteiger partial charge is 0.268 e. The first-order chi connectivity index (χ1) is 14.0. The normalized spacial score (nSPS) is 11.7. The second-order valence-electron chi connectivity index (χ2n) is 6.69. The van der Waals surface area contributed by atoms with Crippen LogP contribution in [0.1, 0.15) is 23.0 Å². The van der Waals surface area contributed by atoms with Crippen molar-refractivity contribution in [2.75, 3.05) is 20.8 Å². The van der Waals surface area contributed by atoms with Gasteiger partial charge in [-0.3, -0.25) is 9.59 Å². The molecule has 1 atom stereocenters. The number of carbonyl (C=O) groups is 2. The summed E-state index contributed by atoms with van der Waals surface area (Å²) in [6.45, 7) is 2.14. The minimum atomic E-state index is -0.660. The third-order valence-corrected chi connectivity index (χ3v) is 4.70. The molecule has 0 saturated heterocycles. The van der Waals surface area contributed by atoms with Crippen LogP contribution in [0.25, 0.3) is 10.9 Å². The molecular formula is C22H25N3O4. The van der Waals surface area contributed by atoms with E-state index in [-0.39, 0.29) is 11.8 Å². The standard InChI is InChI=1S/C22H25N3O4/c1-14(21(26)23-12-11-15-7-9-16(28-2)10-8-15)24-22(27)19-13-17-18(25-19)5-4-6-20(17)29-3/h4-10,13-14,25H,11-12H2,1-3H3,(H,23,26)(H,24,27)/t14-/m0/s1. The van der Waals surface area contributed by atoms with E-state index in [0.717, 1.165) is 22.2 Å². The molecule has 3 aromatic rings. The topological polar surface area (TPSA) is 92.5 Å². The van der Waals surface area contributed by atoms with Crippen LogP contribution in [0.2, 0.25) is 0 Å². The summed E-state index contributed by atoms with van der Waals surface area (Å²) in [5.74, 6) is 0.896. The minimum Gasteiger partial charge on any atom is -0.497 e. The molecule has 3 N–H and O–H groups in total. The molecule has 1 aromatic heterocycles. The Morgan fingerprint density at radius 2 is 1.83 bits per heavy atom. The first-order valence-corrected chi connectivity index (χ1v) is 9.39. The predicted octanol–water partition coefficient (Wildman–Crippen LogP) is 2.66. The Balaban J connectivity index is 1.52. The van der Waals surface area contributed by atoms with Crippen molar-refractivity contribution in [2.24, 2.45) is 0 Å². The molecule has 2 amide bonds. The van der Waals surface area contributed by atoms with Gasteiger partial charge in [0.25, 0.3) is 5.91 Å². The fourth-order valence-electron chi connectivity index (χ4n) is 3.04. The number of methoxy groups -OCH3 is 2. The zero-order chi connectivity index (χ0) is 20.8. The van der Waals surface area contributed by atoms with E-state index >= 15 is 0 Å². The third-order valence-electron chi connectivity index (χ3n) is 4.70. The third kappa shape index (κ3) is 4.87. The second kappa shape index (κ2) is 9.14. The maximum Gasteiger partial charge on any atom is 0.268 e. The molecule has 3 rings (SSSR count). The van der Waals surface area contributed by atoms with Crippen molar-refractivity contribution in [3.05, 3.63) is 59.8 Å². The molecule has 0 saturated carbocycles. The first-order valence-electron chi connectivity index (χ1n) is 9.39. The average Bonchev–Trinajstić information content (AvgIpc) is 3.18. The van der Waals surface area contributed by atoms with Crippen LogP contribution < -0.4 is 20.1 Å². The van der Waals surface area contributed by atoms with Gasteiger partial charge in [-0.25, -0.2) is 0 Å². The van der Waals surface area contributed by atoms with Crippen molar-refractivity contribution in [1.82, 2.24) is 15.6 Å². The molecule has 0 fully saturated rings. The summed E-state index contributed by atoms with van der Waals surface area (Å²) in [5, 5.41) is 6.38. The number of rotatable bonds is 8. The first kappa shape index (κ1) is 20.3. The van der Waals surface area contributed by atoms with Gasteiger partial charge < -0.3 is 25.1 Å². The number of hydrogen-bond acceptors (Lipinski definition) is 4. The second-order valence-corrected chi connectivity index (χ2v) is 6.69. The van der Waals surface area contributed by atoms with E-state index in [0.29, 0.717) is 24.4 Å². The van der Waals surface area contributed by atoms with Gasteiger partial charge in [0.05, 0.1) is 14.2 Å². The summed E-state index contributed by atoms with van der Waals surface area (Å²) in [4.78, 5) is 27.9. The maximum atomic E-state index is 12.5. The number of H-pyrrole nitrogens is 1. The van der Waals surface area contributed by atoms with Crippen molar-refractivity contribution in [1.29, 1.82) is 0 Å². The summed E-state index contributed by atoms with van der Waals surface area (Å²) in [6.07, 6.45) is 0.693. The fourth-order valence-corrected chi connectivity index (χ4v) is 3.04. The Morgan fingerprint density at radius 3 is 2.52 bits per heavy atom. The van der Waals surface area contributed by atoms with Crippen LogP contribution in [0.15, 0.2) is 48.5 Å². The number of benzene rings is 2. The molecule has 0 aliphatic heterocycles. The van der Waals surface area contributed by atoms with E-state index in [1.165, 1.54) is 0 Å². The Morgan fingerprint density at radius 1 is 1.07 bits per heavy atom. The van der Waals surface area contributed by atoms with Gasteiger partial charge >= 0.3 is 0 Å². The van der Waals surface area contributed by atoms with Crippen LogP contribution >= 0.6 is 0 Å². The van der Waals surface area contributed by atoms with E-state index < -0.39 is 6.04 Å². The Kier molecular flexibility index (Phi) is 6.39. The van der Waals surface area contributed by atoms with Crippen molar-refractivity contribution in [3.8, 4) is 11.5 Å². The van der Waals surface area contributed by atoms with Crippen LogP contribution in [0.4, 0.5) is 0 Å². The van der Waals surface area contributed by atoms with Gasteiger partial charge in [0.1, 0.15) is 23.2 Å². The average molecular weight is 395 g/mol. The van der Waals surface area contributed by atoms with Crippen LogP contribution in [-0.2, 0) is 11.2 Å². The van der Waals surface area contributed by atoms with Gasteiger partial charge in [-0.05, 0) is 49.2 Å². The summed E-state index contributed by atoms with van der Waals surface area (Å²) in [7, 11) is 3.21. The van der Waals surface area contributed by atoms with Gasteiger partial charge in [-0.1, -0.05) is 18.2 Å². The monoisotopic (exact) mass is 395 g/mol. The SMILES string of the molecule is COc1ccc(CCNC(=O)[C@H](C)NC(=O)c2cc3c(OC)cccc3[nH]2)cc1. The number of ether oxygens (including phenoxy) is 2. The molecule has 29 heavy (non-hydrogen) atoms. The molecule has 0 aliphatic rings. The molecule has 0 aliphatic carbocycles. The number of carbonyl (C=O) groups excluding carboxylic acids is 2. The lowest BCUT2D eigenvalue weighted by Crippen LogP contribution is -2.45. The van der Waals surface area contributed by atoms with E-state index in [1.807, 2.05) is 42.5 Å². The summed E-state index contributed by atoms with van der Waals surface area (Å²) >= 11 is 0. The van der Waals surface area contributed by atoms with Crippen LogP contribution in [-0.4, -0.2) is 43.6 Å². The molecule has 0 unspecified atom stereocenters. The largest absolute Gasteiger partial charge is 0.497 e. The maximum absolute atomic E-state index is 12.5. The Hall–Kier alpha value is -3.48. The van der Waals surface area contributed by atoms with Crippen molar-refractivity contribution in [3.63, 3.8) is 0 Å². The number of nitrogens with one attached hydrogen (secondary N) is 3. The lowest BCUT2D eigenvalue weighted by molar-refractivity contribution is -0.122. The number of aromatic amines is 1. The highest BCUT2D eigenvalue weighted by molar-refractivity contribution is 6.01. The van der Waals surface area contributed by atoms with E-state index in [4.69, 9.17) is 9.47 Å². The zero-order valence-corrected chi connectivity index (χ0v) is 16.7. The van der Waals surface area contributed by atoms with Crippen molar-refractivity contribution in [2.45, 2.75) is 19.4 Å². The Labute approximate surface area is 169 Å². The highest BCUT2D eigenvalue weighted by atomic mass is 16.5. The zero-order valence-electron chi connectivity index (χ0n) is 16.7. The number of fused-ring (bicyclic) bond motifs is 1. The molecule has 7 heteroatoms. The lowest BCUT2D eigenvalue weighted by atomic mass is 10.1. The van der Waals surface area contributed by atoms with E-state index in [2.05, 4.69) is 15.6 Å². The lowest BCUT2D eigenvalue weighted by Gasteiger charge is -2.13. The van der Waals surface area contributed by atoms with Crippen molar-refractivity contribution < 1.29 is 19.1 Å². The molecule has 2 aromatic carbocycles. The molecule has 7 nitrogen and oxygen atoms in total. The Bertz CT molecular complexity index is 995. The summed E-state index contributed by atoms with van der Waals surface area (Å²) in [6, 6.07) is 14.3. The molecule has 1 heterocycles. The highest BCUT2D eigenvalue weighted by Crippen LogP contribution is 2.25. The summed E-state index contributed by atoms with van der Waals surface area (Å²) < 4.78 is 10.4. The van der Waals surface area contributed by atoms with Crippen LogP contribution in [0, 0.1) is 0 Å². The number of amides is 2. The quantitative estimate of drug-likeness (QED) is 0.547. The molecule has 152 valence electrons. The van der Waals surface area contributed by atoms with E-state index in [1.54, 1.807) is 27.2 Å². The molecule has 0 radical (unpaired) electrons. The highest BCUT2D eigenvalue weighted by Gasteiger charge is 2.18. The van der Waals surface area contributed by atoms with Crippen LogP contribution in [0.5, 0.6) is 11.5 Å². The molecule has 0 bridgehead atoms. The molecule has 0 spiro atoms. The van der Waals surface area contributed by atoms with Gasteiger partial charge in [-0.2, -0.15) is 0 Å². The minimum absolute atomic E-state index is 0.236. The fraction of sp³-hybridized carbons (Fsp3) is 0.273. The van der Waals surface area contributed by atoms with E-state index in [9.17, 15) is 9.59 Å². The summed E-state index contributed by atoms with van der Waals surface area (Å²) in [5.41, 5.74) is 2.27. The van der Waals surface area contributed by atoms with Gasteiger partial charge in [0.15, 0.2) is 0 Å². The predicted molar refractivity (Wildman–Crippen MR) is 111 cm³/mol. The number of aromatic nitrogens is 1.